The summed E-state index contributed by atoms with van der Waals surface area (Å²) >= 11 is 7.11. The van der Waals surface area contributed by atoms with Crippen molar-refractivity contribution in [3.05, 3.63) is 69.9 Å². The van der Waals surface area contributed by atoms with Crippen LogP contribution in [0.2, 0.25) is 5.02 Å². The molecule has 0 spiro atoms. The minimum absolute atomic E-state index is 0.154. The molecule has 0 saturated carbocycles. The number of hydrogen-bond donors (Lipinski definition) is 0. The Labute approximate surface area is 176 Å². The number of carbonyl (C=O) groups is 1. The Kier molecular flexibility index (Phi) is 6.08. The van der Waals surface area contributed by atoms with E-state index in [-0.39, 0.29) is 5.91 Å². The summed E-state index contributed by atoms with van der Waals surface area (Å²) in [4.78, 5) is 18.6. The normalized spacial score (nSPS) is 14.1. The molecule has 0 aliphatic carbocycles. The number of thiazole rings is 1. The Morgan fingerprint density at radius 3 is 2.69 bits per heavy atom. The van der Waals surface area contributed by atoms with Gasteiger partial charge in [-0.3, -0.25) is 4.79 Å². The van der Waals surface area contributed by atoms with Gasteiger partial charge < -0.3 is 14.4 Å². The third kappa shape index (κ3) is 4.75. The van der Waals surface area contributed by atoms with E-state index < -0.39 is 5.82 Å². The van der Waals surface area contributed by atoms with E-state index in [1.54, 1.807) is 34.5 Å². The van der Waals surface area contributed by atoms with Crippen molar-refractivity contribution in [1.82, 2.24) is 9.88 Å². The zero-order chi connectivity index (χ0) is 20.2. The zero-order valence-electron chi connectivity index (χ0n) is 15.4. The third-order valence-corrected chi connectivity index (χ3v) is 5.64. The second-order valence-corrected chi connectivity index (χ2v) is 7.79. The van der Waals surface area contributed by atoms with Gasteiger partial charge >= 0.3 is 0 Å². The molecule has 1 aromatic heterocycles. The zero-order valence-corrected chi connectivity index (χ0v) is 17.0. The first-order valence-corrected chi connectivity index (χ1v) is 10.4. The maximum Gasteiger partial charge on any atom is 0.273 e. The summed E-state index contributed by atoms with van der Waals surface area (Å²) in [5.41, 5.74) is 1.61. The first-order chi connectivity index (χ1) is 14.1. The van der Waals surface area contributed by atoms with Crippen LogP contribution in [0.15, 0.2) is 47.8 Å². The molecular formula is C21H18ClFN2O3S. The maximum atomic E-state index is 14.6. The van der Waals surface area contributed by atoms with Gasteiger partial charge in [-0.15, -0.1) is 11.3 Å². The van der Waals surface area contributed by atoms with Crippen molar-refractivity contribution in [2.24, 2.45) is 0 Å². The highest BCUT2D eigenvalue weighted by Crippen LogP contribution is 2.29. The number of hydrogen-bond acceptors (Lipinski definition) is 5. The van der Waals surface area contributed by atoms with Crippen LogP contribution >= 0.6 is 22.9 Å². The maximum absolute atomic E-state index is 14.6. The molecule has 1 aliphatic heterocycles. The molecule has 29 heavy (non-hydrogen) atoms. The van der Waals surface area contributed by atoms with Crippen LogP contribution in [0.25, 0.3) is 10.6 Å². The van der Waals surface area contributed by atoms with Crippen LogP contribution in [-0.4, -0.2) is 42.1 Å². The number of benzene rings is 2. The second kappa shape index (κ2) is 8.90. The average molecular weight is 433 g/mol. The number of aromatic nitrogens is 1. The first-order valence-electron chi connectivity index (χ1n) is 9.10. The Bertz CT molecular complexity index is 1000. The fraction of sp³-hybridized carbons (Fsp3) is 0.238. The Balaban J connectivity index is 1.44. The fourth-order valence-corrected chi connectivity index (χ4v) is 3.88. The van der Waals surface area contributed by atoms with Crippen molar-refractivity contribution in [3.8, 4) is 16.3 Å². The summed E-state index contributed by atoms with van der Waals surface area (Å²) in [6.45, 7) is 2.44. The quantitative estimate of drug-likeness (QED) is 0.588. The van der Waals surface area contributed by atoms with Gasteiger partial charge in [0.2, 0.25) is 0 Å². The number of nitrogens with zero attached hydrogens (tertiary/aromatic N) is 2. The molecule has 5 nitrogen and oxygen atoms in total. The minimum atomic E-state index is -0.446. The summed E-state index contributed by atoms with van der Waals surface area (Å²) in [7, 11) is 0. The number of amides is 1. The number of carbonyl (C=O) groups excluding carboxylic acids is 1. The molecule has 2 aromatic carbocycles. The number of morpholine rings is 1. The highest BCUT2D eigenvalue weighted by molar-refractivity contribution is 7.13. The van der Waals surface area contributed by atoms with Crippen molar-refractivity contribution in [2.45, 2.75) is 6.61 Å². The minimum Gasteiger partial charge on any atom is -0.489 e. The highest BCUT2D eigenvalue weighted by Gasteiger charge is 2.22. The van der Waals surface area contributed by atoms with Gasteiger partial charge in [0.1, 0.15) is 28.9 Å². The summed E-state index contributed by atoms with van der Waals surface area (Å²) in [5.74, 6) is -0.181. The van der Waals surface area contributed by atoms with Crippen LogP contribution in [0.5, 0.6) is 5.75 Å². The van der Waals surface area contributed by atoms with E-state index >= 15 is 0 Å². The van der Waals surface area contributed by atoms with Gasteiger partial charge in [-0.25, -0.2) is 9.37 Å². The molecule has 0 radical (unpaired) electrons. The molecule has 0 unspecified atom stereocenters. The number of halogens is 2. The molecule has 1 aliphatic rings. The summed E-state index contributed by atoms with van der Waals surface area (Å²) in [6.07, 6.45) is 0. The lowest BCUT2D eigenvalue weighted by atomic mass is 10.2. The number of rotatable bonds is 5. The van der Waals surface area contributed by atoms with Crippen LogP contribution in [-0.2, 0) is 11.3 Å². The van der Waals surface area contributed by atoms with E-state index in [1.807, 2.05) is 12.1 Å². The fourth-order valence-electron chi connectivity index (χ4n) is 2.93. The largest absolute Gasteiger partial charge is 0.489 e. The van der Waals surface area contributed by atoms with E-state index in [0.717, 1.165) is 5.56 Å². The van der Waals surface area contributed by atoms with Gasteiger partial charge in [-0.05, 0) is 29.8 Å². The van der Waals surface area contributed by atoms with Crippen molar-refractivity contribution in [2.75, 3.05) is 26.3 Å². The van der Waals surface area contributed by atoms with Gasteiger partial charge in [0.25, 0.3) is 5.91 Å². The van der Waals surface area contributed by atoms with Crippen LogP contribution < -0.4 is 4.74 Å². The lowest BCUT2D eigenvalue weighted by molar-refractivity contribution is 0.0299. The van der Waals surface area contributed by atoms with E-state index in [2.05, 4.69) is 4.98 Å². The Hall–Kier alpha value is -2.48. The molecule has 1 fully saturated rings. The molecule has 3 aromatic rings. The summed E-state index contributed by atoms with van der Waals surface area (Å²) in [6, 6.07) is 11.9. The monoisotopic (exact) mass is 432 g/mol. The number of ether oxygens (including phenoxy) is 2. The lowest BCUT2D eigenvalue weighted by Gasteiger charge is -2.25. The van der Waals surface area contributed by atoms with Crippen LogP contribution in [0.4, 0.5) is 4.39 Å². The van der Waals surface area contributed by atoms with Gasteiger partial charge in [-0.1, -0.05) is 23.7 Å². The average Bonchev–Trinajstić information content (AvgIpc) is 3.23. The second-order valence-electron chi connectivity index (χ2n) is 6.50. The lowest BCUT2D eigenvalue weighted by Crippen LogP contribution is -2.40. The molecule has 2 heterocycles. The van der Waals surface area contributed by atoms with Gasteiger partial charge in [0.15, 0.2) is 0 Å². The van der Waals surface area contributed by atoms with E-state index in [9.17, 15) is 9.18 Å². The molecule has 0 N–H and O–H groups in total. The van der Waals surface area contributed by atoms with Gasteiger partial charge in [0, 0.05) is 35.1 Å². The Morgan fingerprint density at radius 1 is 1.21 bits per heavy atom. The van der Waals surface area contributed by atoms with Crippen molar-refractivity contribution < 1.29 is 18.7 Å². The summed E-state index contributed by atoms with van der Waals surface area (Å²) < 4.78 is 25.6. The van der Waals surface area contributed by atoms with Gasteiger partial charge in [0.05, 0.1) is 13.2 Å². The molecular weight excluding hydrogens is 415 g/mol. The van der Waals surface area contributed by atoms with E-state index in [4.69, 9.17) is 21.1 Å². The standard InChI is InChI=1S/C21H18ClFN2O3S/c22-15-3-1-14(2-4-15)12-28-16-5-6-17(18(23)11-16)20-24-19(13-29-20)21(26)25-7-9-27-10-8-25/h1-6,11,13H,7-10,12H2. The van der Waals surface area contributed by atoms with Crippen LogP contribution in [0, 0.1) is 5.82 Å². The molecule has 0 atom stereocenters. The molecule has 8 heteroatoms. The van der Waals surface area contributed by atoms with E-state index in [1.165, 1.54) is 17.4 Å². The van der Waals surface area contributed by atoms with Crippen LogP contribution in [0.3, 0.4) is 0 Å². The SMILES string of the molecule is O=C(c1csc(-c2ccc(OCc3ccc(Cl)cc3)cc2F)n1)N1CCOCC1. The molecule has 0 bridgehead atoms. The molecule has 4 rings (SSSR count). The van der Waals surface area contributed by atoms with Crippen LogP contribution in [0.1, 0.15) is 16.1 Å². The molecule has 150 valence electrons. The van der Waals surface area contributed by atoms with E-state index in [0.29, 0.717) is 59.9 Å². The predicted molar refractivity (Wildman–Crippen MR) is 110 cm³/mol. The third-order valence-electron chi connectivity index (χ3n) is 4.51. The van der Waals surface area contributed by atoms with Gasteiger partial charge in [-0.2, -0.15) is 0 Å². The topological polar surface area (TPSA) is 51.7 Å². The summed E-state index contributed by atoms with van der Waals surface area (Å²) in [5, 5.41) is 2.78. The van der Waals surface area contributed by atoms with Crippen molar-refractivity contribution >= 4 is 28.8 Å². The highest BCUT2D eigenvalue weighted by atomic mass is 35.5. The van der Waals surface area contributed by atoms with Crippen molar-refractivity contribution in [1.29, 1.82) is 0 Å². The Morgan fingerprint density at radius 2 is 1.97 bits per heavy atom. The first kappa shape index (κ1) is 19.8. The smallest absolute Gasteiger partial charge is 0.273 e. The molecule has 1 saturated heterocycles. The predicted octanol–water partition coefficient (Wildman–Crippen LogP) is 4.65. The molecule has 1 amide bonds. The van der Waals surface area contributed by atoms with Crippen molar-refractivity contribution in [3.63, 3.8) is 0 Å².